The standard InChI is InChI=1S/C19H21N3O3/c1-4-9-22-16(23)13-14(17(22)24)19(21-15(13)10(2)3)11-7-5-6-8-12(11)20-18(19)25/h4-8,10,13-15,21H,1,9H2,2-3H3,(H,20,25)/t13-,14+,15-,19+/m0/s1. The summed E-state index contributed by atoms with van der Waals surface area (Å²) in [7, 11) is 0. The number of hydrogen-bond acceptors (Lipinski definition) is 4. The predicted molar refractivity (Wildman–Crippen MR) is 92.4 cm³/mol. The van der Waals surface area contributed by atoms with Crippen LogP contribution in [0.4, 0.5) is 5.69 Å². The van der Waals surface area contributed by atoms with Gasteiger partial charge in [0.2, 0.25) is 17.7 Å². The Kier molecular flexibility index (Phi) is 3.37. The first-order chi connectivity index (χ1) is 11.9. The Morgan fingerprint density at radius 3 is 2.64 bits per heavy atom. The van der Waals surface area contributed by atoms with Gasteiger partial charge in [-0.3, -0.25) is 24.6 Å². The number of likely N-dealkylation sites (tertiary alicyclic amines) is 1. The van der Waals surface area contributed by atoms with Gasteiger partial charge in [-0.15, -0.1) is 6.58 Å². The second-order valence-corrected chi connectivity index (χ2v) is 7.30. The quantitative estimate of drug-likeness (QED) is 0.642. The molecule has 0 unspecified atom stereocenters. The van der Waals surface area contributed by atoms with Crippen LogP contribution in [-0.2, 0) is 19.9 Å². The monoisotopic (exact) mass is 339 g/mol. The molecular weight excluding hydrogens is 318 g/mol. The molecule has 2 saturated heterocycles. The molecule has 3 amide bonds. The fourth-order valence-corrected chi connectivity index (χ4v) is 4.63. The zero-order valence-electron chi connectivity index (χ0n) is 14.3. The van der Waals surface area contributed by atoms with Crippen molar-refractivity contribution in [2.45, 2.75) is 25.4 Å². The lowest BCUT2D eigenvalue weighted by molar-refractivity contribution is -0.142. The first-order valence-corrected chi connectivity index (χ1v) is 8.58. The molecule has 25 heavy (non-hydrogen) atoms. The highest BCUT2D eigenvalue weighted by atomic mass is 16.2. The molecule has 4 atom stereocenters. The summed E-state index contributed by atoms with van der Waals surface area (Å²) in [6.45, 7) is 7.82. The first-order valence-electron chi connectivity index (χ1n) is 8.58. The van der Waals surface area contributed by atoms with E-state index in [4.69, 9.17) is 0 Å². The highest BCUT2D eigenvalue weighted by molar-refractivity contribution is 6.15. The third-order valence-corrected chi connectivity index (χ3v) is 5.68. The molecule has 3 aliphatic rings. The Hall–Kier alpha value is -2.47. The summed E-state index contributed by atoms with van der Waals surface area (Å²) in [5.41, 5.74) is 0.268. The van der Waals surface area contributed by atoms with Gasteiger partial charge in [-0.2, -0.15) is 0 Å². The average molecular weight is 339 g/mol. The molecule has 1 aromatic carbocycles. The maximum Gasteiger partial charge on any atom is 0.250 e. The number of amides is 3. The van der Waals surface area contributed by atoms with E-state index in [9.17, 15) is 14.4 Å². The second-order valence-electron chi connectivity index (χ2n) is 7.30. The highest BCUT2D eigenvalue weighted by Gasteiger charge is 2.70. The van der Waals surface area contributed by atoms with Crippen molar-refractivity contribution in [1.29, 1.82) is 0 Å². The maximum atomic E-state index is 13.1. The van der Waals surface area contributed by atoms with E-state index in [1.54, 1.807) is 6.08 Å². The van der Waals surface area contributed by atoms with Crippen LogP contribution in [0.2, 0.25) is 0 Å². The van der Waals surface area contributed by atoms with E-state index in [1.165, 1.54) is 4.90 Å². The van der Waals surface area contributed by atoms with E-state index in [1.807, 2.05) is 38.1 Å². The van der Waals surface area contributed by atoms with E-state index < -0.39 is 17.4 Å². The Morgan fingerprint density at radius 2 is 1.96 bits per heavy atom. The van der Waals surface area contributed by atoms with Crippen molar-refractivity contribution in [1.82, 2.24) is 10.2 Å². The Morgan fingerprint density at radius 1 is 1.24 bits per heavy atom. The molecule has 0 radical (unpaired) electrons. The molecule has 6 heteroatoms. The number of rotatable bonds is 3. The van der Waals surface area contributed by atoms with Gasteiger partial charge in [-0.1, -0.05) is 38.1 Å². The number of para-hydroxylation sites is 1. The van der Waals surface area contributed by atoms with E-state index in [0.717, 1.165) is 5.56 Å². The van der Waals surface area contributed by atoms with Crippen molar-refractivity contribution in [3.05, 3.63) is 42.5 Å². The van der Waals surface area contributed by atoms with Crippen LogP contribution in [0.3, 0.4) is 0 Å². The average Bonchev–Trinajstić information content (AvgIpc) is 3.16. The summed E-state index contributed by atoms with van der Waals surface area (Å²) in [5, 5.41) is 6.27. The largest absolute Gasteiger partial charge is 0.324 e. The summed E-state index contributed by atoms with van der Waals surface area (Å²) in [4.78, 5) is 40.3. The number of fused-ring (bicyclic) bond motifs is 4. The number of nitrogens with zero attached hydrogens (tertiary/aromatic N) is 1. The lowest BCUT2D eigenvalue weighted by Gasteiger charge is -2.30. The van der Waals surface area contributed by atoms with Gasteiger partial charge in [0.05, 0.1) is 11.8 Å². The topological polar surface area (TPSA) is 78.5 Å². The molecule has 2 N–H and O–H groups in total. The van der Waals surface area contributed by atoms with Crippen molar-refractivity contribution in [3.8, 4) is 0 Å². The van der Waals surface area contributed by atoms with Crippen molar-refractivity contribution in [3.63, 3.8) is 0 Å². The summed E-state index contributed by atoms with van der Waals surface area (Å²) in [5.74, 6) is -1.92. The van der Waals surface area contributed by atoms with Gasteiger partial charge in [-0.25, -0.2) is 0 Å². The van der Waals surface area contributed by atoms with Crippen LogP contribution in [0.15, 0.2) is 36.9 Å². The van der Waals surface area contributed by atoms with E-state index in [2.05, 4.69) is 17.2 Å². The molecule has 130 valence electrons. The molecule has 6 nitrogen and oxygen atoms in total. The lowest BCUT2D eigenvalue weighted by atomic mass is 9.76. The molecule has 0 aliphatic carbocycles. The number of carbonyl (C=O) groups is 3. The minimum atomic E-state index is -1.18. The Labute approximate surface area is 146 Å². The number of benzene rings is 1. The van der Waals surface area contributed by atoms with Gasteiger partial charge in [-0.05, 0) is 12.0 Å². The van der Waals surface area contributed by atoms with Crippen molar-refractivity contribution < 1.29 is 14.4 Å². The second kappa shape index (κ2) is 5.26. The smallest absolute Gasteiger partial charge is 0.250 e. The summed E-state index contributed by atoms with van der Waals surface area (Å²) < 4.78 is 0. The Balaban J connectivity index is 1.91. The number of nitrogens with one attached hydrogen (secondary N) is 2. The number of hydrogen-bond donors (Lipinski definition) is 2. The van der Waals surface area contributed by atoms with Crippen molar-refractivity contribution in [2.75, 3.05) is 11.9 Å². The minimum absolute atomic E-state index is 0.105. The molecule has 2 fully saturated rings. The third kappa shape index (κ3) is 1.86. The summed E-state index contributed by atoms with van der Waals surface area (Å²) in [6, 6.07) is 7.13. The van der Waals surface area contributed by atoms with Crippen LogP contribution in [-0.4, -0.2) is 35.2 Å². The SMILES string of the molecule is C=CCN1C(=O)[C@@H]2[C@H](C(C)C)N[C@@]3(C(=O)Nc4ccccc43)[C@H]2C1=O. The van der Waals surface area contributed by atoms with Crippen molar-refractivity contribution >= 4 is 23.4 Å². The molecule has 0 bridgehead atoms. The molecule has 0 aromatic heterocycles. The van der Waals surface area contributed by atoms with E-state index >= 15 is 0 Å². The third-order valence-electron chi connectivity index (χ3n) is 5.68. The Bertz CT molecular complexity index is 803. The maximum absolute atomic E-state index is 13.1. The van der Waals surface area contributed by atoms with Crippen LogP contribution >= 0.6 is 0 Å². The zero-order valence-corrected chi connectivity index (χ0v) is 14.3. The fraction of sp³-hybridized carbons (Fsp3) is 0.421. The molecule has 3 heterocycles. The van der Waals surface area contributed by atoms with Gasteiger partial charge in [0, 0.05) is 23.8 Å². The van der Waals surface area contributed by atoms with Gasteiger partial charge < -0.3 is 5.32 Å². The number of carbonyl (C=O) groups excluding carboxylic acids is 3. The van der Waals surface area contributed by atoms with E-state index in [0.29, 0.717) is 5.69 Å². The van der Waals surface area contributed by atoms with Crippen LogP contribution in [0.1, 0.15) is 19.4 Å². The minimum Gasteiger partial charge on any atom is -0.324 e. The predicted octanol–water partition coefficient (Wildman–Crippen LogP) is 1.25. The van der Waals surface area contributed by atoms with Crippen molar-refractivity contribution in [2.24, 2.45) is 17.8 Å². The molecule has 0 saturated carbocycles. The van der Waals surface area contributed by atoms with Gasteiger partial charge in [0.1, 0.15) is 5.54 Å². The molecule has 3 aliphatic heterocycles. The van der Waals surface area contributed by atoms with E-state index in [-0.39, 0.29) is 36.2 Å². The number of imide groups is 1. The fourth-order valence-electron chi connectivity index (χ4n) is 4.63. The molecule has 4 rings (SSSR count). The van der Waals surface area contributed by atoms with Crippen LogP contribution < -0.4 is 10.6 Å². The van der Waals surface area contributed by atoms with Crippen LogP contribution in [0.25, 0.3) is 0 Å². The molecule has 1 spiro atoms. The number of anilines is 1. The highest BCUT2D eigenvalue weighted by Crippen LogP contribution is 2.53. The first kappa shape index (κ1) is 16.0. The van der Waals surface area contributed by atoms with Gasteiger partial charge in [0.15, 0.2) is 0 Å². The zero-order chi connectivity index (χ0) is 17.9. The molecule has 1 aromatic rings. The normalized spacial score (nSPS) is 33.2. The van der Waals surface area contributed by atoms with Crippen LogP contribution in [0.5, 0.6) is 0 Å². The molecular formula is C19H21N3O3. The lowest BCUT2D eigenvalue weighted by Crippen LogP contribution is -2.54. The summed E-state index contributed by atoms with van der Waals surface area (Å²) in [6.07, 6.45) is 1.55. The van der Waals surface area contributed by atoms with Crippen LogP contribution in [0, 0.1) is 17.8 Å². The van der Waals surface area contributed by atoms with Gasteiger partial charge in [0.25, 0.3) is 0 Å². The van der Waals surface area contributed by atoms with Gasteiger partial charge >= 0.3 is 0 Å². The summed E-state index contributed by atoms with van der Waals surface area (Å²) >= 11 is 0.